The molecule has 2 amide bonds. The molecule has 0 aliphatic carbocycles. The number of nitrogens with zero attached hydrogens (tertiary/aromatic N) is 2. The van der Waals surface area contributed by atoms with Crippen molar-refractivity contribution in [2.75, 3.05) is 11.9 Å². The van der Waals surface area contributed by atoms with Crippen LogP contribution in [-0.4, -0.2) is 22.5 Å². The van der Waals surface area contributed by atoms with E-state index in [1.165, 1.54) is 11.3 Å². The molecule has 0 saturated heterocycles. The number of pyridine rings is 1. The summed E-state index contributed by atoms with van der Waals surface area (Å²) in [7, 11) is 0. The SMILES string of the molecule is CCCCNC(=O)Nc1nc(-c2cccnc2)cs1. The Labute approximate surface area is 116 Å². The van der Waals surface area contributed by atoms with Crippen LogP contribution in [0.4, 0.5) is 9.93 Å². The highest BCUT2D eigenvalue weighted by Gasteiger charge is 2.07. The molecule has 0 aromatic carbocycles. The van der Waals surface area contributed by atoms with Gasteiger partial charge in [-0.25, -0.2) is 9.78 Å². The van der Waals surface area contributed by atoms with Crippen molar-refractivity contribution in [2.24, 2.45) is 0 Å². The third-order valence-corrected chi connectivity index (χ3v) is 3.26. The lowest BCUT2D eigenvalue weighted by molar-refractivity contribution is 0.252. The van der Waals surface area contributed by atoms with Gasteiger partial charge < -0.3 is 5.32 Å². The number of hydrogen-bond donors (Lipinski definition) is 2. The maximum Gasteiger partial charge on any atom is 0.321 e. The smallest absolute Gasteiger partial charge is 0.321 e. The Bertz CT molecular complexity index is 526. The van der Waals surface area contributed by atoms with Crippen LogP contribution in [0.5, 0.6) is 0 Å². The van der Waals surface area contributed by atoms with Crippen molar-refractivity contribution in [3.8, 4) is 11.3 Å². The summed E-state index contributed by atoms with van der Waals surface area (Å²) in [5.74, 6) is 0. The summed E-state index contributed by atoms with van der Waals surface area (Å²) in [6.07, 6.45) is 5.51. The molecule has 0 aliphatic rings. The van der Waals surface area contributed by atoms with Crippen LogP contribution in [0.2, 0.25) is 0 Å². The number of amides is 2. The molecule has 2 heterocycles. The number of rotatable bonds is 5. The first-order chi connectivity index (χ1) is 9.29. The van der Waals surface area contributed by atoms with Gasteiger partial charge in [-0.3, -0.25) is 10.3 Å². The monoisotopic (exact) mass is 276 g/mol. The van der Waals surface area contributed by atoms with Crippen LogP contribution >= 0.6 is 11.3 Å². The van der Waals surface area contributed by atoms with Gasteiger partial charge in [0, 0.05) is 29.9 Å². The highest BCUT2D eigenvalue weighted by molar-refractivity contribution is 7.14. The fourth-order valence-corrected chi connectivity index (χ4v) is 2.21. The van der Waals surface area contributed by atoms with Crippen molar-refractivity contribution in [3.63, 3.8) is 0 Å². The van der Waals surface area contributed by atoms with Crippen molar-refractivity contribution in [2.45, 2.75) is 19.8 Å². The van der Waals surface area contributed by atoms with E-state index in [1.54, 1.807) is 12.4 Å². The van der Waals surface area contributed by atoms with Gasteiger partial charge in [-0.2, -0.15) is 0 Å². The zero-order chi connectivity index (χ0) is 13.5. The van der Waals surface area contributed by atoms with Gasteiger partial charge in [-0.05, 0) is 18.6 Å². The van der Waals surface area contributed by atoms with Crippen molar-refractivity contribution in [3.05, 3.63) is 29.9 Å². The fraction of sp³-hybridized carbons (Fsp3) is 0.308. The largest absolute Gasteiger partial charge is 0.338 e. The third-order valence-electron chi connectivity index (χ3n) is 2.50. The van der Waals surface area contributed by atoms with Crippen LogP contribution < -0.4 is 10.6 Å². The van der Waals surface area contributed by atoms with Crippen LogP contribution in [0.3, 0.4) is 0 Å². The van der Waals surface area contributed by atoms with Gasteiger partial charge in [0.15, 0.2) is 5.13 Å². The molecule has 2 rings (SSSR count). The Balaban J connectivity index is 1.93. The third kappa shape index (κ3) is 4.03. The Morgan fingerprint density at radius 3 is 3.11 bits per heavy atom. The highest BCUT2D eigenvalue weighted by Crippen LogP contribution is 2.23. The Kier molecular flexibility index (Phi) is 4.85. The zero-order valence-electron chi connectivity index (χ0n) is 10.7. The molecule has 0 bridgehead atoms. The summed E-state index contributed by atoms with van der Waals surface area (Å²) in [5, 5.41) is 8.01. The second-order valence-electron chi connectivity index (χ2n) is 4.01. The van der Waals surface area contributed by atoms with Gasteiger partial charge in [0.25, 0.3) is 0 Å². The Morgan fingerprint density at radius 2 is 2.37 bits per heavy atom. The van der Waals surface area contributed by atoms with Crippen LogP contribution in [0.1, 0.15) is 19.8 Å². The first-order valence-corrected chi connectivity index (χ1v) is 7.08. The molecule has 19 heavy (non-hydrogen) atoms. The molecule has 0 fully saturated rings. The van der Waals surface area contributed by atoms with Crippen molar-refractivity contribution >= 4 is 22.5 Å². The topological polar surface area (TPSA) is 66.9 Å². The van der Waals surface area contributed by atoms with E-state index in [1.807, 2.05) is 17.5 Å². The molecule has 0 unspecified atom stereocenters. The zero-order valence-corrected chi connectivity index (χ0v) is 11.5. The standard InChI is InChI=1S/C13H16N4OS/c1-2-3-7-15-12(18)17-13-16-11(9-19-13)10-5-4-6-14-8-10/h4-6,8-9H,2-3,7H2,1H3,(H2,15,16,17,18). The molecular weight excluding hydrogens is 260 g/mol. The van der Waals surface area contributed by atoms with E-state index in [-0.39, 0.29) is 6.03 Å². The number of urea groups is 1. The lowest BCUT2D eigenvalue weighted by Crippen LogP contribution is -2.29. The molecule has 2 N–H and O–H groups in total. The molecule has 0 saturated carbocycles. The average Bonchev–Trinajstić information content (AvgIpc) is 2.88. The Hall–Kier alpha value is -1.95. The molecule has 0 atom stereocenters. The number of unbranched alkanes of at least 4 members (excludes halogenated alkanes) is 1. The van der Waals surface area contributed by atoms with Crippen LogP contribution in [0.15, 0.2) is 29.9 Å². The summed E-state index contributed by atoms with van der Waals surface area (Å²) in [6, 6.07) is 3.59. The number of nitrogens with one attached hydrogen (secondary N) is 2. The van der Waals surface area contributed by atoms with E-state index in [0.717, 1.165) is 24.1 Å². The van der Waals surface area contributed by atoms with Crippen molar-refractivity contribution in [1.82, 2.24) is 15.3 Å². The normalized spacial score (nSPS) is 10.2. The Morgan fingerprint density at radius 1 is 1.47 bits per heavy atom. The lowest BCUT2D eigenvalue weighted by Gasteiger charge is -2.03. The van der Waals surface area contributed by atoms with Crippen LogP contribution in [-0.2, 0) is 0 Å². The summed E-state index contributed by atoms with van der Waals surface area (Å²) in [4.78, 5) is 20.0. The highest BCUT2D eigenvalue weighted by atomic mass is 32.1. The molecule has 100 valence electrons. The minimum Gasteiger partial charge on any atom is -0.338 e. The van der Waals surface area contributed by atoms with E-state index in [2.05, 4.69) is 27.5 Å². The van der Waals surface area contributed by atoms with Gasteiger partial charge in [0.2, 0.25) is 0 Å². The molecule has 0 spiro atoms. The predicted octanol–water partition coefficient (Wildman–Crippen LogP) is 3.13. The summed E-state index contributed by atoms with van der Waals surface area (Å²) >= 11 is 1.40. The second-order valence-corrected chi connectivity index (χ2v) is 4.87. The molecule has 0 aliphatic heterocycles. The predicted molar refractivity (Wildman–Crippen MR) is 77.3 cm³/mol. The van der Waals surface area contributed by atoms with E-state index < -0.39 is 0 Å². The van der Waals surface area contributed by atoms with Gasteiger partial charge in [0.1, 0.15) is 0 Å². The molecule has 0 radical (unpaired) electrons. The van der Waals surface area contributed by atoms with Gasteiger partial charge >= 0.3 is 6.03 Å². The van der Waals surface area contributed by atoms with E-state index in [9.17, 15) is 4.79 Å². The van der Waals surface area contributed by atoms with Crippen molar-refractivity contribution in [1.29, 1.82) is 0 Å². The minimum absolute atomic E-state index is 0.208. The fourth-order valence-electron chi connectivity index (χ4n) is 1.50. The number of thiazole rings is 1. The van der Waals surface area contributed by atoms with Gasteiger partial charge in [0.05, 0.1) is 5.69 Å². The number of anilines is 1. The first-order valence-electron chi connectivity index (χ1n) is 6.20. The van der Waals surface area contributed by atoms with Crippen molar-refractivity contribution < 1.29 is 4.79 Å². The molecule has 2 aromatic heterocycles. The number of carbonyl (C=O) groups excluding carboxylic acids is 1. The van der Waals surface area contributed by atoms with E-state index in [0.29, 0.717) is 11.7 Å². The van der Waals surface area contributed by atoms with Crippen LogP contribution in [0, 0.1) is 0 Å². The van der Waals surface area contributed by atoms with Gasteiger partial charge in [-0.15, -0.1) is 11.3 Å². The quantitative estimate of drug-likeness (QED) is 0.824. The maximum atomic E-state index is 11.6. The summed E-state index contributed by atoms with van der Waals surface area (Å²) in [6.45, 7) is 2.77. The second kappa shape index (κ2) is 6.84. The lowest BCUT2D eigenvalue weighted by atomic mass is 10.2. The molecule has 6 heteroatoms. The summed E-state index contributed by atoms with van der Waals surface area (Å²) in [5.41, 5.74) is 1.76. The number of carbonyl (C=O) groups is 1. The average molecular weight is 276 g/mol. The number of aromatic nitrogens is 2. The first kappa shape index (κ1) is 13.5. The molecule has 2 aromatic rings. The van der Waals surface area contributed by atoms with Crippen LogP contribution in [0.25, 0.3) is 11.3 Å². The minimum atomic E-state index is -0.208. The maximum absolute atomic E-state index is 11.6. The summed E-state index contributed by atoms with van der Waals surface area (Å²) < 4.78 is 0. The molecular formula is C13H16N4OS. The molecule has 5 nitrogen and oxygen atoms in total. The van der Waals surface area contributed by atoms with Gasteiger partial charge in [-0.1, -0.05) is 13.3 Å². The van der Waals surface area contributed by atoms with E-state index >= 15 is 0 Å². The van der Waals surface area contributed by atoms with E-state index in [4.69, 9.17) is 0 Å². The number of hydrogen-bond acceptors (Lipinski definition) is 4.